The Bertz CT molecular complexity index is 3550. The van der Waals surface area contributed by atoms with Crippen molar-refractivity contribution in [1.29, 1.82) is 0 Å². The van der Waals surface area contributed by atoms with Crippen LogP contribution < -0.4 is 0 Å². The molecule has 5 heteroatoms. The van der Waals surface area contributed by atoms with Gasteiger partial charge in [0.25, 0.3) is 0 Å². The molecule has 0 bridgehead atoms. The van der Waals surface area contributed by atoms with E-state index in [2.05, 4.69) is 174 Å². The lowest BCUT2D eigenvalue weighted by atomic mass is 9.97. The molecule has 0 aliphatic carbocycles. The molecule has 0 amide bonds. The minimum atomic E-state index is 0.577. The summed E-state index contributed by atoms with van der Waals surface area (Å²) in [5.41, 5.74) is 8.61. The Hall–Kier alpha value is -7.47. The van der Waals surface area contributed by atoms with E-state index in [0.717, 1.165) is 38.7 Å². The molecule has 3 aromatic heterocycles. The fraction of sp³-hybridized carbons (Fsp3) is 0. The Morgan fingerprint density at radius 3 is 1.62 bits per heavy atom. The van der Waals surface area contributed by atoms with Crippen LogP contribution >= 0.6 is 11.3 Å². The predicted octanol–water partition coefficient (Wildman–Crippen LogP) is 14.3. The quantitative estimate of drug-likeness (QED) is 0.176. The SMILES string of the molecule is c1ccc(-c2ccc(-c3nc(-c4ccccc4)nc(-n4c5ccc6ccccc6c5c5cccc(-c6cccc7c6sc6ccc8ccccc8c67)c54)n3)cc2)cc1. The first-order valence-corrected chi connectivity index (χ1v) is 20.3. The molecular weight excluding hydrogens is 725 g/mol. The van der Waals surface area contributed by atoms with Crippen LogP contribution in [0, 0.1) is 0 Å². The smallest absolute Gasteiger partial charge is 0.238 e. The minimum Gasteiger partial charge on any atom is -0.277 e. The van der Waals surface area contributed by atoms with Gasteiger partial charge in [-0.25, -0.2) is 4.98 Å². The van der Waals surface area contributed by atoms with E-state index < -0.39 is 0 Å². The van der Waals surface area contributed by atoms with Gasteiger partial charge in [-0.15, -0.1) is 11.3 Å². The molecule has 0 radical (unpaired) electrons. The molecule has 0 saturated heterocycles. The molecule has 58 heavy (non-hydrogen) atoms. The van der Waals surface area contributed by atoms with Gasteiger partial charge in [-0.05, 0) is 44.8 Å². The molecule has 0 aliphatic rings. The van der Waals surface area contributed by atoms with Gasteiger partial charge in [-0.1, -0.05) is 182 Å². The van der Waals surface area contributed by atoms with E-state index >= 15 is 0 Å². The van der Waals surface area contributed by atoms with E-state index in [9.17, 15) is 0 Å². The summed E-state index contributed by atoms with van der Waals surface area (Å²) in [6.07, 6.45) is 0. The highest BCUT2D eigenvalue weighted by atomic mass is 32.1. The second kappa shape index (κ2) is 13.1. The van der Waals surface area contributed by atoms with E-state index in [1.54, 1.807) is 0 Å². The van der Waals surface area contributed by atoms with Gasteiger partial charge in [0.1, 0.15) is 0 Å². The third kappa shape index (κ3) is 5.11. The van der Waals surface area contributed by atoms with Crippen molar-refractivity contribution in [2.75, 3.05) is 0 Å². The van der Waals surface area contributed by atoms with Gasteiger partial charge < -0.3 is 0 Å². The average molecular weight is 757 g/mol. The number of hydrogen-bond acceptors (Lipinski definition) is 4. The number of thiophene rings is 1. The molecule has 0 N–H and O–H groups in total. The Kier molecular flexibility index (Phi) is 7.37. The topological polar surface area (TPSA) is 43.6 Å². The first-order chi connectivity index (χ1) is 28.8. The van der Waals surface area contributed by atoms with E-state index in [1.165, 1.54) is 58.2 Å². The molecule has 3 heterocycles. The minimum absolute atomic E-state index is 0.577. The van der Waals surface area contributed by atoms with Crippen molar-refractivity contribution in [3.8, 4) is 51.0 Å². The number of aromatic nitrogens is 4. The molecular formula is C53H32N4S. The predicted molar refractivity (Wildman–Crippen MR) is 244 cm³/mol. The summed E-state index contributed by atoms with van der Waals surface area (Å²) in [6, 6.07) is 69.0. The molecule has 4 nitrogen and oxygen atoms in total. The number of hydrogen-bond donors (Lipinski definition) is 0. The molecule has 0 unspecified atom stereocenters. The Morgan fingerprint density at radius 1 is 0.362 bits per heavy atom. The summed E-state index contributed by atoms with van der Waals surface area (Å²) < 4.78 is 4.83. The van der Waals surface area contributed by atoms with Crippen molar-refractivity contribution >= 4 is 74.9 Å². The standard InChI is InChI=1S/C53H32N4S/c1-3-13-33(14-4-1)34-25-27-38(28-26-34)52-54-51(37-17-5-2-6-18-37)55-53(56-52)57-45-31-29-35-15-7-9-19-39(35)47(45)43-23-11-21-41(49(43)57)42-22-12-24-44-48-40-20-10-8-16-36(40)30-32-46(48)58-50(42)44/h1-32H. The third-order valence-electron chi connectivity index (χ3n) is 11.5. The monoisotopic (exact) mass is 756 g/mol. The maximum atomic E-state index is 5.36. The highest BCUT2D eigenvalue weighted by Gasteiger charge is 2.23. The number of nitrogens with zero attached hydrogens (tertiary/aromatic N) is 4. The van der Waals surface area contributed by atoms with Crippen LogP contribution in [0.3, 0.4) is 0 Å². The summed E-state index contributed by atoms with van der Waals surface area (Å²) in [5.74, 6) is 1.82. The zero-order chi connectivity index (χ0) is 38.2. The Morgan fingerprint density at radius 2 is 0.897 bits per heavy atom. The summed E-state index contributed by atoms with van der Waals surface area (Å²) in [4.78, 5) is 15.8. The van der Waals surface area contributed by atoms with Gasteiger partial charge >= 0.3 is 0 Å². The van der Waals surface area contributed by atoms with E-state index in [1.807, 2.05) is 35.6 Å². The van der Waals surface area contributed by atoms with Crippen LogP contribution in [0.5, 0.6) is 0 Å². The van der Waals surface area contributed by atoms with Gasteiger partial charge in [0, 0.05) is 53.2 Å². The summed E-state index contributed by atoms with van der Waals surface area (Å²) in [5, 5.41) is 9.84. The van der Waals surface area contributed by atoms with E-state index in [0.29, 0.717) is 17.6 Å². The van der Waals surface area contributed by atoms with Crippen LogP contribution in [-0.4, -0.2) is 19.5 Å². The Balaban J connectivity index is 1.17. The molecule has 12 rings (SSSR count). The van der Waals surface area contributed by atoms with Crippen molar-refractivity contribution in [2.45, 2.75) is 0 Å². The van der Waals surface area contributed by atoms with Crippen LogP contribution in [0.25, 0.3) is 115 Å². The summed E-state index contributed by atoms with van der Waals surface area (Å²) in [6.45, 7) is 0. The van der Waals surface area contributed by atoms with Crippen LogP contribution in [-0.2, 0) is 0 Å². The van der Waals surface area contributed by atoms with E-state index in [4.69, 9.17) is 15.0 Å². The summed E-state index contributed by atoms with van der Waals surface area (Å²) >= 11 is 1.87. The lowest BCUT2D eigenvalue weighted by Crippen LogP contribution is -2.07. The van der Waals surface area contributed by atoms with Crippen molar-refractivity contribution in [2.24, 2.45) is 0 Å². The van der Waals surface area contributed by atoms with Crippen molar-refractivity contribution in [1.82, 2.24) is 19.5 Å². The molecule has 270 valence electrons. The molecule has 9 aromatic carbocycles. The Labute approximate surface area is 338 Å². The van der Waals surface area contributed by atoms with Gasteiger partial charge in [0.2, 0.25) is 5.95 Å². The first-order valence-electron chi connectivity index (χ1n) is 19.5. The normalized spacial score (nSPS) is 11.8. The van der Waals surface area contributed by atoms with Crippen LogP contribution in [0.2, 0.25) is 0 Å². The average Bonchev–Trinajstić information content (AvgIpc) is 3.86. The van der Waals surface area contributed by atoms with Crippen molar-refractivity contribution in [3.05, 3.63) is 194 Å². The number of fused-ring (bicyclic) bond motifs is 10. The van der Waals surface area contributed by atoms with E-state index in [-0.39, 0.29) is 0 Å². The van der Waals surface area contributed by atoms with Crippen LogP contribution in [0.15, 0.2) is 194 Å². The summed E-state index contributed by atoms with van der Waals surface area (Å²) in [7, 11) is 0. The molecule has 0 aliphatic heterocycles. The lowest BCUT2D eigenvalue weighted by Gasteiger charge is -2.13. The van der Waals surface area contributed by atoms with Gasteiger partial charge in [0.05, 0.1) is 11.0 Å². The molecule has 0 spiro atoms. The highest BCUT2D eigenvalue weighted by molar-refractivity contribution is 7.26. The number of para-hydroxylation sites is 1. The van der Waals surface area contributed by atoms with Crippen LogP contribution in [0.4, 0.5) is 0 Å². The fourth-order valence-corrected chi connectivity index (χ4v) is 10.0. The van der Waals surface area contributed by atoms with Gasteiger partial charge in [0.15, 0.2) is 11.6 Å². The molecule has 0 fully saturated rings. The van der Waals surface area contributed by atoms with Crippen molar-refractivity contribution < 1.29 is 0 Å². The second-order valence-electron chi connectivity index (χ2n) is 14.8. The van der Waals surface area contributed by atoms with Crippen LogP contribution in [0.1, 0.15) is 0 Å². The van der Waals surface area contributed by atoms with Gasteiger partial charge in [-0.2, -0.15) is 9.97 Å². The number of rotatable bonds is 5. The molecule has 0 saturated carbocycles. The highest BCUT2D eigenvalue weighted by Crippen LogP contribution is 2.46. The lowest BCUT2D eigenvalue weighted by molar-refractivity contribution is 0.954. The number of benzene rings is 9. The zero-order valence-corrected chi connectivity index (χ0v) is 32.0. The van der Waals surface area contributed by atoms with Gasteiger partial charge in [-0.3, -0.25) is 4.57 Å². The second-order valence-corrected chi connectivity index (χ2v) is 15.8. The largest absolute Gasteiger partial charge is 0.277 e. The maximum absolute atomic E-state index is 5.36. The first kappa shape index (κ1) is 32.7. The fourth-order valence-electron chi connectivity index (χ4n) is 8.79. The molecule has 0 atom stereocenters. The third-order valence-corrected chi connectivity index (χ3v) is 12.7. The van der Waals surface area contributed by atoms with Crippen molar-refractivity contribution in [3.63, 3.8) is 0 Å². The molecule has 12 aromatic rings. The zero-order valence-electron chi connectivity index (χ0n) is 31.2. The maximum Gasteiger partial charge on any atom is 0.238 e.